The molecule has 11 heterocycles. The number of aromatic amines is 4. The summed E-state index contributed by atoms with van der Waals surface area (Å²) in [6, 6.07) is 67.4. The minimum atomic E-state index is -0.194. The summed E-state index contributed by atoms with van der Waals surface area (Å²) in [4.78, 5) is 42.0. The number of nitrogens with zero attached hydrogens (tertiary/aromatic N) is 5. The van der Waals surface area contributed by atoms with Crippen LogP contribution in [-0.4, -0.2) is 44.4 Å². The van der Waals surface area contributed by atoms with Gasteiger partial charge < -0.3 is 24.5 Å². The molecule has 4 aliphatic heterocycles. The lowest BCUT2D eigenvalue weighted by atomic mass is 9.78. The van der Waals surface area contributed by atoms with Crippen LogP contribution in [0, 0.1) is 0 Å². The molecule has 754 valence electrons. The highest BCUT2D eigenvalue weighted by atomic mass is 15.0. The first-order chi connectivity index (χ1) is 67.3. The topological polar surface area (TPSA) is 120 Å². The summed E-state index contributed by atoms with van der Waals surface area (Å²) in [5, 5.41) is 0. The molecular weight excluding hydrogens is 1760 g/mol. The Bertz CT molecular complexity index is 6990. The van der Waals surface area contributed by atoms with Gasteiger partial charge in [-0.2, -0.15) is 0 Å². The molecular formula is C136H165N9. The smallest absolute Gasteiger partial charge is 0.0752 e. The second kappa shape index (κ2) is 37.3. The normalized spacial score (nSPS) is 13.8. The van der Waals surface area contributed by atoms with Crippen molar-refractivity contribution in [2.75, 3.05) is 0 Å². The third kappa shape index (κ3) is 21.6. The van der Waals surface area contributed by atoms with E-state index >= 15 is 0 Å². The fourth-order valence-electron chi connectivity index (χ4n) is 20.8. The molecule has 9 heteroatoms. The van der Waals surface area contributed by atoms with Gasteiger partial charge in [-0.25, -0.2) is 19.9 Å². The van der Waals surface area contributed by atoms with Gasteiger partial charge in [0.05, 0.1) is 68.0 Å². The van der Waals surface area contributed by atoms with E-state index in [0.29, 0.717) is 6.54 Å². The van der Waals surface area contributed by atoms with Gasteiger partial charge in [-0.3, -0.25) is 0 Å². The lowest BCUT2D eigenvalue weighted by molar-refractivity contribution is 0.563. The molecule has 9 nitrogen and oxygen atoms in total. The van der Waals surface area contributed by atoms with Gasteiger partial charge >= 0.3 is 0 Å². The summed E-state index contributed by atoms with van der Waals surface area (Å²) in [7, 11) is 0. The van der Waals surface area contributed by atoms with Gasteiger partial charge in [0.2, 0.25) is 0 Å². The molecule has 0 aliphatic carbocycles. The SMILES string of the molecule is CCCCCCCCn1c(-c2c3nc(c(-c4cc(C(C)(C)C)cc(C(C)(C)C)c4)c4ccc([nH]4)c(-c4cc(C(C)(C)C)cc(C(C)(C)C)c4)c4nc(c(-c5cc(C(C)(C)C)cc(C(C)(C)C)c5)c5ccc2[nH]5)C=C4)C=C3)ccc1-c1c2nc(c(-c3cc(C(C)(C)C)cc(C(C)(C)C)c3)c3ccc([nH]3)c(-c3cc(C(C)(C)C)cc(C(C)(C)C)c3)c3nc(c(-c4cc(C(C)(C)C)cc(C(C)(C)C)c4)c4ccc1[nH]4)C=C3)C=C2. The number of H-pyrrole nitrogens is 4. The van der Waals surface area contributed by atoms with Crippen molar-refractivity contribution in [1.29, 1.82) is 0 Å². The predicted molar refractivity (Wildman–Crippen MR) is 631 cm³/mol. The van der Waals surface area contributed by atoms with E-state index in [1.807, 2.05) is 0 Å². The molecule has 17 rings (SSSR count). The van der Waals surface area contributed by atoms with E-state index in [9.17, 15) is 0 Å². The van der Waals surface area contributed by atoms with E-state index in [1.54, 1.807) is 0 Å². The van der Waals surface area contributed by atoms with Crippen LogP contribution in [0.25, 0.3) is 182 Å². The van der Waals surface area contributed by atoms with Gasteiger partial charge in [-0.15, -0.1) is 0 Å². The lowest BCUT2D eigenvalue weighted by Crippen LogP contribution is -2.16. The fraction of sp³-hybridized carbons (Fsp3) is 0.412. The Morgan fingerprint density at radius 2 is 0.324 bits per heavy atom. The molecule has 16 bridgehead atoms. The Morgan fingerprint density at radius 3 is 0.483 bits per heavy atom. The Balaban J connectivity index is 1.07. The summed E-state index contributed by atoms with van der Waals surface area (Å²) < 4.78 is 2.66. The lowest BCUT2D eigenvalue weighted by Gasteiger charge is -2.26. The third-order valence-corrected chi connectivity index (χ3v) is 30.5. The van der Waals surface area contributed by atoms with Crippen LogP contribution in [0.3, 0.4) is 0 Å². The van der Waals surface area contributed by atoms with Crippen molar-refractivity contribution in [1.82, 2.24) is 44.4 Å². The summed E-state index contributed by atoms with van der Waals surface area (Å²) >= 11 is 0. The van der Waals surface area contributed by atoms with Crippen molar-refractivity contribution in [3.05, 3.63) is 282 Å². The monoisotopic (exact) mass is 1920 g/mol. The molecule has 4 N–H and O–H groups in total. The number of rotatable bonds is 15. The minimum Gasteiger partial charge on any atom is -0.354 e. The van der Waals surface area contributed by atoms with Crippen LogP contribution in [0.1, 0.15) is 407 Å². The highest BCUT2D eigenvalue weighted by Gasteiger charge is 2.35. The molecule has 4 aliphatic rings. The standard InChI is InChI=1S/C136H165N9/c1-38-39-40-41-42-43-62-145-115(123-111-56-52-107(141-111)119(83-67-91(129(14,15)16)77-92(68-83)130(17,18)19)103-48-44-99(137-103)117(81-63-87(125(2,3)4)75-88(64-81)126(5,6)7)100-45-49-104(138-100)120(108-53-57-112(123)142-108)84-69-93(131(20,21)22)78-94(70-84)132(23,24)25)60-61-116(145)124-113-58-54-109(143-113)121(85-71-95(133(26,27)28)79-96(72-85)134(29,30)31)105-50-46-101(139-105)118(82-65-89(127(8,9)10)76-90(66-82)128(11,12)13)102-47-51-106(140-102)122(110-55-59-114(124)144-110)86-73-97(135(32,33)34)80-98(74-86)136(35,36)37/h44-61,63-80,137,139,142,144H,38-43,62H2,1-37H3. The highest BCUT2D eigenvalue weighted by Crippen LogP contribution is 2.51. The van der Waals surface area contributed by atoms with E-state index in [0.717, 1.165) is 205 Å². The highest BCUT2D eigenvalue weighted by molar-refractivity contribution is 6.04. The fourth-order valence-corrected chi connectivity index (χ4v) is 20.8. The largest absolute Gasteiger partial charge is 0.354 e. The van der Waals surface area contributed by atoms with Crippen molar-refractivity contribution < 1.29 is 0 Å². The maximum absolute atomic E-state index is 6.27. The molecule has 0 atom stereocenters. The van der Waals surface area contributed by atoms with Crippen molar-refractivity contribution in [2.24, 2.45) is 0 Å². The molecule has 6 aromatic carbocycles. The number of hydrogen-bond acceptors (Lipinski definition) is 4. The molecule has 0 spiro atoms. The number of hydrogen-bond donors (Lipinski definition) is 4. The summed E-state index contributed by atoms with van der Waals surface area (Å²) in [6.07, 6.45) is 25.0. The van der Waals surface area contributed by atoms with Crippen LogP contribution in [0.15, 0.2) is 170 Å². The van der Waals surface area contributed by atoms with Crippen LogP contribution in [0.2, 0.25) is 0 Å². The van der Waals surface area contributed by atoms with Crippen molar-refractivity contribution in [2.45, 2.75) is 366 Å². The number of aromatic nitrogens is 9. The van der Waals surface area contributed by atoms with Crippen molar-refractivity contribution >= 4 is 92.7 Å². The van der Waals surface area contributed by atoms with Crippen LogP contribution in [-0.2, 0) is 71.5 Å². The summed E-state index contributed by atoms with van der Waals surface area (Å²) in [6.45, 7) is 87.4. The van der Waals surface area contributed by atoms with Crippen molar-refractivity contribution in [3.63, 3.8) is 0 Å². The molecule has 0 unspecified atom stereocenters. The maximum Gasteiger partial charge on any atom is 0.0752 e. The van der Waals surface area contributed by atoms with Gasteiger partial charge in [0.1, 0.15) is 0 Å². The van der Waals surface area contributed by atoms with E-state index in [2.05, 4.69) is 499 Å². The van der Waals surface area contributed by atoms with E-state index in [-0.39, 0.29) is 65.0 Å². The van der Waals surface area contributed by atoms with E-state index in [4.69, 9.17) is 19.9 Å². The molecule has 13 aromatic rings. The number of benzene rings is 6. The summed E-state index contributed by atoms with van der Waals surface area (Å²) in [5.41, 5.74) is 44.4. The average Bonchev–Trinajstić information content (AvgIpc) is 1.51. The van der Waals surface area contributed by atoms with Gasteiger partial charge in [-0.05, 0) is 281 Å². The first kappa shape index (κ1) is 104. The zero-order valence-corrected chi connectivity index (χ0v) is 95.0. The predicted octanol–water partition coefficient (Wildman–Crippen LogP) is 38.7. The van der Waals surface area contributed by atoms with Gasteiger partial charge in [0, 0.05) is 84.2 Å². The molecule has 145 heavy (non-hydrogen) atoms. The maximum atomic E-state index is 6.27. The minimum absolute atomic E-state index is 0.165. The summed E-state index contributed by atoms with van der Waals surface area (Å²) in [5.74, 6) is 0. The molecule has 7 aromatic heterocycles. The quantitative estimate of drug-likeness (QED) is 0.0764. The molecule has 0 radical (unpaired) electrons. The first-order valence-corrected chi connectivity index (χ1v) is 53.8. The van der Waals surface area contributed by atoms with Gasteiger partial charge in [0.15, 0.2) is 0 Å². The Labute approximate surface area is 868 Å². The Kier molecular flexibility index (Phi) is 26.8. The number of fused-ring (bicyclic) bond motifs is 16. The zero-order valence-electron chi connectivity index (χ0n) is 95.0. The van der Waals surface area contributed by atoms with Crippen LogP contribution in [0.4, 0.5) is 0 Å². The van der Waals surface area contributed by atoms with Gasteiger partial charge in [0.25, 0.3) is 0 Å². The molecule has 0 saturated carbocycles. The molecule has 0 amide bonds. The first-order valence-electron chi connectivity index (χ1n) is 53.8. The Hall–Kier alpha value is -12.2. The van der Waals surface area contributed by atoms with Crippen LogP contribution >= 0.6 is 0 Å². The van der Waals surface area contributed by atoms with Crippen LogP contribution in [0.5, 0.6) is 0 Å². The average molecular weight is 1930 g/mol. The number of unbranched alkanes of at least 4 members (excludes halogenated alkanes) is 5. The van der Waals surface area contributed by atoms with E-state index in [1.165, 1.54) is 79.6 Å². The molecule has 0 saturated heterocycles. The third-order valence-electron chi connectivity index (χ3n) is 30.5. The second-order valence-electron chi connectivity index (χ2n) is 54.8. The van der Waals surface area contributed by atoms with E-state index < -0.39 is 0 Å². The van der Waals surface area contributed by atoms with Crippen LogP contribution < -0.4 is 0 Å². The zero-order chi connectivity index (χ0) is 105. The van der Waals surface area contributed by atoms with Crippen molar-refractivity contribution in [3.8, 4) is 89.3 Å². The van der Waals surface area contributed by atoms with Gasteiger partial charge in [-0.1, -0.05) is 397 Å². The Morgan fingerprint density at radius 1 is 0.179 bits per heavy atom. The molecule has 0 fully saturated rings. The second-order valence-corrected chi connectivity index (χ2v) is 54.8. The number of nitrogens with one attached hydrogen (secondary N) is 4.